The molecule has 1 unspecified atom stereocenters. The molecule has 0 saturated carbocycles. The Balaban J connectivity index is 2.14. The average Bonchev–Trinajstić information content (AvgIpc) is 3.03. The first-order chi connectivity index (χ1) is 12.3. The number of aromatic nitrogens is 3. The molecule has 2 aromatic carbocycles. The van der Waals surface area contributed by atoms with Crippen LogP contribution in [0.3, 0.4) is 0 Å². The van der Waals surface area contributed by atoms with E-state index in [1.807, 2.05) is 6.07 Å². The first-order valence-electron chi connectivity index (χ1n) is 9.23. The first kappa shape index (κ1) is 18.1. The maximum absolute atomic E-state index is 9.11. The number of rotatable bonds is 4. The maximum Gasteiger partial charge on any atom is 0.114 e. The molecule has 3 aromatic rings. The maximum atomic E-state index is 9.11. The van der Waals surface area contributed by atoms with Gasteiger partial charge in [0.1, 0.15) is 11.0 Å². The Morgan fingerprint density at radius 1 is 1.08 bits per heavy atom. The number of nitriles is 1. The van der Waals surface area contributed by atoms with Crippen LogP contribution in [0.15, 0.2) is 36.4 Å². The predicted octanol–water partition coefficient (Wildman–Crippen LogP) is 5.18. The zero-order chi connectivity index (χ0) is 18.9. The molecular formula is C22H26N4. The highest BCUT2D eigenvalue weighted by Gasteiger charge is 2.21. The summed E-state index contributed by atoms with van der Waals surface area (Å²) in [6.45, 7) is 11.1. The minimum absolute atomic E-state index is 0.0120. The van der Waals surface area contributed by atoms with Gasteiger partial charge in [-0.25, -0.2) is 0 Å². The number of nitrogens with zero attached hydrogens (tertiary/aromatic N) is 4. The van der Waals surface area contributed by atoms with Crippen molar-refractivity contribution < 1.29 is 0 Å². The molecule has 0 amide bonds. The van der Waals surface area contributed by atoms with Crippen LogP contribution in [0, 0.1) is 17.2 Å². The van der Waals surface area contributed by atoms with Crippen LogP contribution in [0.5, 0.6) is 0 Å². The summed E-state index contributed by atoms with van der Waals surface area (Å²) in [5.41, 5.74) is 5.68. The van der Waals surface area contributed by atoms with Crippen molar-refractivity contribution in [3.63, 3.8) is 0 Å². The highest BCUT2D eigenvalue weighted by Crippen LogP contribution is 2.30. The summed E-state index contributed by atoms with van der Waals surface area (Å²) in [6, 6.07) is 14.3. The van der Waals surface area contributed by atoms with Crippen LogP contribution in [0.4, 0.5) is 0 Å². The summed E-state index contributed by atoms with van der Waals surface area (Å²) in [6.07, 6.45) is 2.21. The fourth-order valence-electron chi connectivity index (χ4n) is 3.14. The van der Waals surface area contributed by atoms with Crippen LogP contribution < -0.4 is 0 Å². The second-order valence-corrected chi connectivity index (χ2v) is 8.12. The van der Waals surface area contributed by atoms with Crippen LogP contribution in [0.1, 0.15) is 57.7 Å². The smallest absolute Gasteiger partial charge is 0.114 e. The highest BCUT2D eigenvalue weighted by molar-refractivity contribution is 5.75. The fourth-order valence-corrected chi connectivity index (χ4v) is 3.14. The Bertz CT molecular complexity index is 970. The molecule has 0 aliphatic rings. The van der Waals surface area contributed by atoms with Crippen LogP contribution in [0.25, 0.3) is 16.7 Å². The molecule has 134 valence electrons. The van der Waals surface area contributed by atoms with Crippen molar-refractivity contribution >= 4 is 11.0 Å². The van der Waals surface area contributed by atoms with Crippen LogP contribution in [-0.2, 0) is 11.8 Å². The second kappa shape index (κ2) is 6.92. The van der Waals surface area contributed by atoms with Crippen molar-refractivity contribution in [2.45, 2.75) is 52.9 Å². The number of hydrogen-bond acceptors (Lipinski definition) is 3. The van der Waals surface area contributed by atoms with Gasteiger partial charge in [0.15, 0.2) is 0 Å². The van der Waals surface area contributed by atoms with Crippen LogP contribution in [0.2, 0.25) is 0 Å². The Morgan fingerprint density at radius 2 is 1.81 bits per heavy atom. The van der Waals surface area contributed by atoms with Crippen molar-refractivity contribution in [2.24, 2.45) is 5.92 Å². The van der Waals surface area contributed by atoms with E-state index in [0.717, 1.165) is 29.6 Å². The van der Waals surface area contributed by atoms with Gasteiger partial charge in [-0.3, -0.25) is 0 Å². The van der Waals surface area contributed by atoms with Gasteiger partial charge in [-0.15, -0.1) is 10.2 Å². The Hall–Kier alpha value is -2.67. The molecular weight excluding hydrogens is 320 g/mol. The SMILES string of the molecule is CCC(C)Cc1ccc(C(C)(C)C)c(-n2nc3ccc(C#N)cc3n2)c1. The first-order valence-corrected chi connectivity index (χ1v) is 9.23. The third kappa shape index (κ3) is 3.62. The molecule has 26 heavy (non-hydrogen) atoms. The minimum atomic E-state index is -0.0120. The Morgan fingerprint density at radius 3 is 2.46 bits per heavy atom. The van der Waals surface area contributed by atoms with Gasteiger partial charge in [0.05, 0.1) is 17.3 Å². The molecule has 3 rings (SSSR count). The van der Waals surface area contributed by atoms with E-state index >= 15 is 0 Å². The van der Waals surface area contributed by atoms with Gasteiger partial charge in [-0.05, 0) is 53.1 Å². The van der Waals surface area contributed by atoms with Crippen LogP contribution >= 0.6 is 0 Å². The molecule has 0 spiro atoms. The monoisotopic (exact) mass is 346 g/mol. The number of hydrogen-bond donors (Lipinski definition) is 0. The fraction of sp³-hybridized carbons (Fsp3) is 0.409. The van der Waals surface area contributed by atoms with E-state index in [1.54, 1.807) is 16.9 Å². The van der Waals surface area contributed by atoms with E-state index in [4.69, 9.17) is 5.26 Å². The lowest BCUT2D eigenvalue weighted by Crippen LogP contribution is -2.17. The molecule has 1 aromatic heterocycles. The largest absolute Gasteiger partial charge is 0.192 e. The van der Waals surface area contributed by atoms with Gasteiger partial charge in [-0.1, -0.05) is 53.2 Å². The van der Waals surface area contributed by atoms with Gasteiger partial charge < -0.3 is 0 Å². The minimum Gasteiger partial charge on any atom is -0.192 e. The highest BCUT2D eigenvalue weighted by atomic mass is 15.5. The predicted molar refractivity (Wildman–Crippen MR) is 105 cm³/mol. The van der Waals surface area contributed by atoms with Crippen molar-refractivity contribution in [1.29, 1.82) is 5.26 Å². The summed E-state index contributed by atoms with van der Waals surface area (Å²) >= 11 is 0. The second-order valence-electron chi connectivity index (χ2n) is 8.12. The molecule has 4 nitrogen and oxygen atoms in total. The zero-order valence-corrected chi connectivity index (χ0v) is 16.2. The summed E-state index contributed by atoms with van der Waals surface area (Å²) in [5, 5.41) is 18.4. The number of benzene rings is 2. The van der Waals surface area contributed by atoms with E-state index in [0.29, 0.717) is 11.5 Å². The van der Waals surface area contributed by atoms with E-state index in [9.17, 15) is 0 Å². The Labute approximate surface area is 155 Å². The van der Waals surface area contributed by atoms with Gasteiger partial charge in [0.2, 0.25) is 0 Å². The van der Waals surface area contributed by atoms with E-state index in [1.165, 1.54) is 11.1 Å². The summed E-state index contributed by atoms with van der Waals surface area (Å²) in [7, 11) is 0. The third-order valence-electron chi connectivity index (χ3n) is 4.88. The average molecular weight is 346 g/mol. The molecule has 0 aliphatic carbocycles. The molecule has 0 aliphatic heterocycles. The van der Waals surface area contributed by atoms with E-state index in [-0.39, 0.29) is 5.41 Å². The van der Waals surface area contributed by atoms with Crippen molar-refractivity contribution in [2.75, 3.05) is 0 Å². The lowest BCUT2D eigenvalue weighted by molar-refractivity contribution is 0.556. The summed E-state index contributed by atoms with van der Waals surface area (Å²) in [4.78, 5) is 1.73. The normalized spacial score (nSPS) is 12.9. The molecule has 0 radical (unpaired) electrons. The van der Waals surface area contributed by atoms with Gasteiger partial charge >= 0.3 is 0 Å². The summed E-state index contributed by atoms with van der Waals surface area (Å²) < 4.78 is 0. The molecule has 0 N–H and O–H groups in total. The van der Waals surface area contributed by atoms with E-state index in [2.05, 4.69) is 69.1 Å². The Kier molecular flexibility index (Phi) is 4.82. The zero-order valence-electron chi connectivity index (χ0n) is 16.2. The molecule has 0 saturated heterocycles. The molecule has 1 heterocycles. The van der Waals surface area contributed by atoms with Crippen molar-refractivity contribution in [1.82, 2.24) is 15.0 Å². The third-order valence-corrected chi connectivity index (χ3v) is 4.88. The van der Waals surface area contributed by atoms with Crippen LogP contribution in [-0.4, -0.2) is 15.0 Å². The molecule has 1 atom stereocenters. The number of fused-ring (bicyclic) bond motifs is 1. The molecule has 4 heteroatoms. The quantitative estimate of drug-likeness (QED) is 0.654. The molecule has 0 fully saturated rings. The lowest BCUT2D eigenvalue weighted by Gasteiger charge is -2.23. The lowest BCUT2D eigenvalue weighted by atomic mass is 9.84. The van der Waals surface area contributed by atoms with E-state index < -0.39 is 0 Å². The van der Waals surface area contributed by atoms with Gasteiger partial charge in [0, 0.05) is 0 Å². The van der Waals surface area contributed by atoms with Crippen molar-refractivity contribution in [3.8, 4) is 11.8 Å². The van der Waals surface area contributed by atoms with Gasteiger partial charge in [0.25, 0.3) is 0 Å². The topological polar surface area (TPSA) is 54.5 Å². The van der Waals surface area contributed by atoms with Gasteiger partial charge in [-0.2, -0.15) is 10.1 Å². The molecule has 0 bridgehead atoms. The summed E-state index contributed by atoms with van der Waals surface area (Å²) in [5.74, 6) is 0.645. The van der Waals surface area contributed by atoms with Crippen molar-refractivity contribution in [3.05, 3.63) is 53.1 Å². The standard InChI is InChI=1S/C22H26N4/c1-6-15(2)11-16-7-9-18(22(3,4)5)21(13-16)26-24-19-10-8-17(14-23)12-20(19)25-26/h7-10,12-13,15H,6,11H2,1-5H3.